The zero-order chi connectivity index (χ0) is 22.2. The van der Waals surface area contributed by atoms with E-state index in [9.17, 15) is 22.8 Å². The predicted molar refractivity (Wildman–Crippen MR) is 108 cm³/mol. The summed E-state index contributed by atoms with van der Waals surface area (Å²) in [5.74, 6) is -2.27. The van der Waals surface area contributed by atoms with Crippen LogP contribution in [-0.2, 0) is 12.6 Å². The maximum Gasteiger partial charge on any atom is 0.450 e. The number of fused-ring (bicyclic) bond motifs is 1. The highest BCUT2D eigenvalue weighted by Crippen LogP contribution is 2.34. The van der Waals surface area contributed by atoms with Gasteiger partial charge in [0.1, 0.15) is 5.76 Å². The molecule has 0 aliphatic carbocycles. The van der Waals surface area contributed by atoms with E-state index in [1.54, 1.807) is 48.5 Å². The van der Waals surface area contributed by atoms with Crippen LogP contribution in [0.3, 0.4) is 0 Å². The Balaban J connectivity index is 1.60. The third-order valence-corrected chi connectivity index (χ3v) is 4.69. The molecule has 4 rings (SSSR count). The SMILES string of the molecule is Cc1cc(C(=O)Nc2cccc(Cc3n[nH]c(=O)c4ccccc34)c2)c(C(F)(F)F)o1. The minimum atomic E-state index is -4.78. The number of carbonyl (C=O) groups is 1. The number of aryl methyl sites for hydroxylation is 1. The van der Waals surface area contributed by atoms with Gasteiger partial charge in [-0.05, 0) is 36.8 Å². The highest BCUT2D eigenvalue weighted by Gasteiger charge is 2.40. The van der Waals surface area contributed by atoms with Crippen LogP contribution >= 0.6 is 0 Å². The molecule has 4 aromatic rings. The molecule has 0 spiro atoms. The van der Waals surface area contributed by atoms with Crippen LogP contribution in [0.15, 0.2) is 63.8 Å². The average molecular weight is 427 g/mol. The fourth-order valence-electron chi connectivity index (χ4n) is 3.35. The molecule has 0 unspecified atom stereocenters. The number of hydrogen-bond acceptors (Lipinski definition) is 4. The minimum absolute atomic E-state index is 0.0118. The number of nitrogens with zero attached hydrogens (tertiary/aromatic N) is 1. The van der Waals surface area contributed by atoms with E-state index in [-0.39, 0.29) is 11.3 Å². The standard InChI is InChI=1S/C22H16F3N3O3/c1-12-9-17(19(31-12)22(23,24)25)20(29)26-14-6-4-5-13(10-14)11-18-15-7-2-3-8-16(15)21(30)28-27-18/h2-10H,11H2,1H3,(H,26,29)(H,28,30). The molecule has 0 saturated heterocycles. The maximum absolute atomic E-state index is 13.1. The number of furan rings is 1. The molecule has 6 nitrogen and oxygen atoms in total. The van der Waals surface area contributed by atoms with Crippen LogP contribution in [0.2, 0.25) is 0 Å². The minimum Gasteiger partial charge on any atom is -0.456 e. The highest BCUT2D eigenvalue weighted by molar-refractivity contribution is 6.05. The first kappa shape index (κ1) is 20.4. The fraction of sp³-hybridized carbons (Fsp3) is 0.136. The molecular weight excluding hydrogens is 411 g/mol. The normalized spacial score (nSPS) is 11.6. The summed E-state index contributed by atoms with van der Waals surface area (Å²) < 4.78 is 44.0. The number of aromatic nitrogens is 2. The van der Waals surface area contributed by atoms with Crippen molar-refractivity contribution in [3.8, 4) is 0 Å². The number of H-pyrrole nitrogens is 1. The number of carbonyl (C=O) groups excluding carboxylic acids is 1. The van der Waals surface area contributed by atoms with Crippen LogP contribution in [0, 0.1) is 6.92 Å². The van der Waals surface area contributed by atoms with Gasteiger partial charge in [-0.2, -0.15) is 18.3 Å². The van der Waals surface area contributed by atoms with E-state index >= 15 is 0 Å². The van der Waals surface area contributed by atoms with Crippen molar-refractivity contribution in [3.05, 3.63) is 93.3 Å². The van der Waals surface area contributed by atoms with Crippen molar-refractivity contribution in [2.45, 2.75) is 19.5 Å². The number of halogens is 3. The molecule has 31 heavy (non-hydrogen) atoms. The van der Waals surface area contributed by atoms with Crippen LogP contribution < -0.4 is 10.9 Å². The Hall–Kier alpha value is -3.88. The molecule has 2 heterocycles. The third kappa shape index (κ3) is 4.20. The lowest BCUT2D eigenvalue weighted by molar-refractivity contribution is -0.153. The lowest BCUT2D eigenvalue weighted by atomic mass is 10.0. The summed E-state index contributed by atoms with van der Waals surface area (Å²) in [6.45, 7) is 1.34. The van der Waals surface area contributed by atoms with E-state index in [0.29, 0.717) is 28.6 Å². The monoisotopic (exact) mass is 427 g/mol. The van der Waals surface area contributed by atoms with Crippen molar-refractivity contribution in [3.63, 3.8) is 0 Å². The Morgan fingerprint density at radius 3 is 2.58 bits per heavy atom. The molecule has 9 heteroatoms. The number of hydrogen-bond donors (Lipinski definition) is 2. The molecule has 0 bridgehead atoms. The summed E-state index contributed by atoms with van der Waals surface area (Å²) in [7, 11) is 0. The zero-order valence-electron chi connectivity index (χ0n) is 16.2. The molecule has 0 saturated carbocycles. The lowest BCUT2D eigenvalue weighted by Gasteiger charge is -2.09. The number of rotatable bonds is 4. The van der Waals surface area contributed by atoms with E-state index in [1.165, 1.54) is 6.92 Å². The number of nitrogens with one attached hydrogen (secondary N) is 2. The van der Waals surface area contributed by atoms with E-state index in [1.807, 2.05) is 0 Å². The summed E-state index contributed by atoms with van der Waals surface area (Å²) in [5.41, 5.74) is 0.827. The van der Waals surface area contributed by atoms with Crippen molar-refractivity contribution in [2.24, 2.45) is 0 Å². The van der Waals surface area contributed by atoms with Crippen LogP contribution in [0.5, 0.6) is 0 Å². The van der Waals surface area contributed by atoms with Crippen LogP contribution in [0.1, 0.15) is 33.1 Å². The van der Waals surface area contributed by atoms with Gasteiger partial charge >= 0.3 is 6.18 Å². The van der Waals surface area contributed by atoms with Gasteiger partial charge in [-0.1, -0.05) is 30.3 Å². The largest absolute Gasteiger partial charge is 0.456 e. The zero-order valence-corrected chi connectivity index (χ0v) is 16.2. The van der Waals surface area contributed by atoms with Crippen LogP contribution in [0.25, 0.3) is 10.8 Å². The summed E-state index contributed by atoms with van der Waals surface area (Å²) in [5, 5.41) is 10.3. The van der Waals surface area contributed by atoms with Gasteiger partial charge in [-0.15, -0.1) is 0 Å². The molecule has 0 radical (unpaired) electrons. The van der Waals surface area contributed by atoms with Gasteiger partial charge in [0.25, 0.3) is 11.5 Å². The molecule has 0 atom stereocenters. The molecule has 158 valence electrons. The third-order valence-electron chi connectivity index (χ3n) is 4.69. The maximum atomic E-state index is 13.1. The van der Waals surface area contributed by atoms with Crippen molar-refractivity contribution in [1.82, 2.24) is 10.2 Å². The molecular formula is C22H16F3N3O3. The Bertz CT molecular complexity index is 1340. The summed E-state index contributed by atoms with van der Waals surface area (Å²) in [6.07, 6.45) is -4.43. The number of aromatic amines is 1. The Morgan fingerprint density at radius 1 is 1.10 bits per heavy atom. The van der Waals surface area contributed by atoms with Gasteiger partial charge in [-0.3, -0.25) is 9.59 Å². The molecule has 2 N–H and O–H groups in total. The highest BCUT2D eigenvalue weighted by atomic mass is 19.4. The van der Waals surface area contributed by atoms with E-state index in [4.69, 9.17) is 0 Å². The number of anilines is 1. The molecule has 0 fully saturated rings. The topological polar surface area (TPSA) is 88.0 Å². The summed E-state index contributed by atoms with van der Waals surface area (Å²) in [4.78, 5) is 24.4. The van der Waals surface area contributed by atoms with E-state index in [2.05, 4.69) is 19.9 Å². The quantitative estimate of drug-likeness (QED) is 0.495. The average Bonchev–Trinajstić information content (AvgIpc) is 3.13. The molecule has 0 aliphatic rings. The van der Waals surface area contributed by atoms with Gasteiger partial charge in [0, 0.05) is 17.5 Å². The van der Waals surface area contributed by atoms with E-state index in [0.717, 1.165) is 11.6 Å². The van der Waals surface area contributed by atoms with Crippen LogP contribution in [-0.4, -0.2) is 16.1 Å². The molecule has 2 aromatic heterocycles. The molecule has 0 aliphatic heterocycles. The first-order valence-electron chi connectivity index (χ1n) is 9.26. The van der Waals surface area contributed by atoms with Crippen molar-refractivity contribution in [1.29, 1.82) is 0 Å². The first-order chi connectivity index (χ1) is 14.7. The van der Waals surface area contributed by atoms with Crippen molar-refractivity contribution in [2.75, 3.05) is 5.32 Å². The second-order valence-electron chi connectivity index (χ2n) is 6.97. The summed E-state index contributed by atoms with van der Waals surface area (Å²) in [6, 6.07) is 14.8. The summed E-state index contributed by atoms with van der Waals surface area (Å²) >= 11 is 0. The van der Waals surface area contributed by atoms with Gasteiger partial charge in [0.15, 0.2) is 0 Å². The number of amides is 1. The van der Waals surface area contributed by atoms with Crippen molar-refractivity contribution < 1.29 is 22.4 Å². The fourth-order valence-corrected chi connectivity index (χ4v) is 3.35. The first-order valence-corrected chi connectivity index (χ1v) is 9.26. The van der Waals surface area contributed by atoms with Gasteiger partial charge < -0.3 is 9.73 Å². The number of benzene rings is 2. The van der Waals surface area contributed by atoms with Gasteiger partial charge in [-0.25, -0.2) is 5.10 Å². The van der Waals surface area contributed by atoms with Crippen molar-refractivity contribution >= 4 is 22.4 Å². The molecule has 2 aromatic carbocycles. The van der Waals surface area contributed by atoms with Crippen LogP contribution in [0.4, 0.5) is 18.9 Å². The van der Waals surface area contributed by atoms with E-state index < -0.39 is 23.4 Å². The Kier molecular flexibility index (Phi) is 5.10. The number of alkyl halides is 3. The Morgan fingerprint density at radius 2 is 1.84 bits per heavy atom. The predicted octanol–water partition coefficient (Wildman–Crippen LogP) is 4.69. The van der Waals surface area contributed by atoms with Gasteiger partial charge in [0.05, 0.1) is 16.6 Å². The van der Waals surface area contributed by atoms with Gasteiger partial charge in [0.2, 0.25) is 5.76 Å². The molecule has 1 amide bonds. The second kappa shape index (κ2) is 7.75. The second-order valence-corrected chi connectivity index (χ2v) is 6.97. The smallest absolute Gasteiger partial charge is 0.450 e. The lowest BCUT2D eigenvalue weighted by Crippen LogP contribution is -2.17. The Labute approximate surface area is 173 Å².